The summed E-state index contributed by atoms with van der Waals surface area (Å²) in [5.74, 6) is -1.04. The van der Waals surface area contributed by atoms with Gasteiger partial charge in [-0.3, -0.25) is 9.59 Å². The molecule has 1 aliphatic carbocycles. The summed E-state index contributed by atoms with van der Waals surface area (Å²) in [5, 5.41) is 5.25. The zero-order valence-electron chi connectivity index (χ0n) is 13.2. The predicted molar refractivity (Wildman–Crippen MR) is 88.3 cm³/mol. The highest BCUT2D eigenvalue weighted by molar-refractivity contribution is 6.02. The van der Waals surface area contributed by atoms with E-state index in [1.807, 2.05) is 0 Å². The Morgan fingerprint density at radius 3 is 2.58 bits per heavy atom. The maximum Gasteiger partial charge on any atom is 0.291 e. The van der Waals surface area contributed by atoms with Crippen LogP contribution in [0.3, 0.4) is 0 Å². The number of furan rings is 1. The monoisotopic (exact) mass is 330 g/mol. The standard InChI is InChI=1S/C18H19FN2O3/c19-14-9-8-13(20-18(23)16-7-4-10-24-16)11-15(14)21-17(22)12-5-2-1-3-6-12/h4,7-12H,1-3,5-6H2,(H,20,23)(H,21,22). The fraction of sp³-hybridized carbons (Fsp3) is 0.333. The third-order valence-electron chi connectivity index (χ3n) is 4.20. The molecule has 0 spiro atoms. The van der Waals surface area contributed by atoms with Gasteiger partial charge in [-0.2, -0.15) is 0 Å². The average Bonchev–Trinajstić information content (AvgIpc) is 3.13. The van der Waals surface area contributed by atoms with Gasteiger partial charge in [0.25, 0.3) is 5.91 Å². The second-order valence-corrected chi connectivity index (χ2v) is 5.95. The molecule has 0 atom stereocenters. The lowest BCUT2D eigenvalue weighted by molar-refractivity contribution is -0.120. The number of carbonyl (C=O) groups excluding carboxylic acids is 2. The molecule has 1 fully saturated rings. The Labute approximate surface area is 139 Å². The molecule has 2 aromatic rings. The van der Waals surface area contributed by atoms with E-state index in [9.17, 15) is 14.0 Å². The Morgan fingerprint density at radius 2 is 1.88 bits per heavy atom. The van der Waals surface area contributed by atoms with Gasteiger partial charge in [0.1, 0.15) is 5.82 Å². The molecular formula is C18H19FN2O3. The summed E-state index contributed by atoms with van der Waals surface area (Å²) in [6.45, 7) is 0. The summed E-state index contributed by atoms with van der Waals surface area (Å²) in [6, 6.07) is 7.21. The maximum atomic E-state index is 14.0. The van der Waals surface area contributed by atoms with Crippen LogP contribution in [0.25, 0.3) is 0 Å². The molecule has 1 aromatic heterocycles. The van der Waals surface area contributed by atoms with Gasteiger partial charge < -0.3 is 15.1 Å². The molecule has 0 radical (unpaired) electrons. The highest BCUT2D eigenvalue weighted by Gasteiger charge is 2.22. The number of hydrogen-bond donors (Lipinski definition) is 2. The van der Waals surface area contributed by atoms with E-state index in [1.54, 1.807) is 6.07 Å². The summed E-state index contributed by atoms with van der Waals surface area (Å²) < 4.78 is 19.0. The van der Waals surface area contributed by atoms with E-state index in [2.05, 4.69) is 10.6 Å². The molecule has 0 bridgehead atoms. The average molecular weight is 330 g/mol. The van der Waals surface area contributed by atoms with Crippen molar-refractivity contribution in [2.75, 3.05) is 10.6 Å². The number of halogens is 1. The first-order chi connectivity index (χ1) is 11.6. The Bertz CT molecular complexity index is 722. The highest BCUT2D eigenvalue weighted by atomic mass is 19.1. The molecule has 2 amide bonds. The van der Waals surface area contributed by atoms with Gasteiger partial charge in [-0.15, -0.1) is 0 Å². The summed E-state index contributed by atoms with van der Waals surface area (Å²) in [4.78, 5) is 24.2. The van der Waals surface area contributed by atoms with Gasteiger partial charge in [-0.25, -0.2) is 4.39 Å². The van der Waals surface area contributed by atoms with E-state index in [0.717, 1.165) is 32.1 Å². The Kier molecular flexibility index (Phi) is 4.93. The SMILES string of the molecule is O=C(Nc1ccc(F)c(NC(=O)C2CCCCC2)c1)c1ccco1. The van der Waals surface area contributed by atoms with Crippen molar-refractivity contribution < 1.29 is 18.4 Å². The first-order valence-electron chi connectivity index (χ1n) is 8.09. The number of rotatable bonds is 4. The summed E-state index contributed by atoms with van der Waals surface area (Å²) in [7, 11) is 0. The van der Waals surface area contributed by atoms with Crippen LogP contribution in [0, 0.1) is 11.7 Å². The molecule has 0 unspecified atom stereocenters. The maximum absolute atomic E-state index is 14.0. The van der Waals surface area contributed by atoms with Crippen LogP contribution in [-0.4, -0.2) is 11.8 Å². The summed E-state index contributed by atoms with van der Waals surface area (Å²) in [5.41, 5.74) is 0.458. The lowest BCUT2D eigenvalue weighted by Gasteiger charge is -2.21. The van der Waals surface area contributed by atoms with Crippen molar-refractivity contribution >= 4 is 23.2 Å². The summed E-state index contributed by atoms with van der Waals surface area (Å²) in [6.07, 6.45) is 6.27. The lowest BCUT2D eigenvalue weighted by atomic mass is 9.88. The summed E-state index contributed by atoms with van der Waals surface area (Å²) >= 11 is 0. The largest absolute Gasteiger partial charge is 0.459 e. The van der Waals surface area contributed by atoms with Crippen LogP contribution in [-0.2, 0) is 4.79 Å². The first-order valence-corrected chi connectivity index (χ1v) is 8.09. The second kappa shape index (κ2) is 7.29. The number of carbonyl (C=O) groups is 2. The van der Waals surface area contributed by atoms with Crippen LogP contribution in [0.15, 0.2) is 41.0 Å². The Hall–Kier alpha value is -2.63. The van der Waals surface area contributed by atoms with Gasteiger partial charge in [0.2, 0.25) is 5.91 Å². The fourth-order valence-electron chi connectivity index (χ4n) is 2.90. The van der Waals surface area contributed by atoms with Gasteiger partial charge in [0, 0.05) is 11.6 Å². The van der Waals surface area contributed by atoms with Gasteiger partial charge in [0.15, 0.2) is 5.76 Å². The van der Waals surface area contributed by atoms with Crippen molar-refractivity contribution in [1.29, 1.82) is 0 Å². The minimum Gasteiger partial charge on any atom is -0.459 e. The van der Waals surface area contributed by atoms with Crippen molar-refractivity contribution in [2.24, 2.45) is 5.92 Å². The predicted octanol–water partition coefficient (Wildman–Crippen LogP) is 4.19. The van der Waals surface area contributed by atoms with Crippen molar-refractivity contribution in [3.63, 3.8) is 0 Å². The van der Waals surface area contributed by atoms with Gasteiger partial charge >= 0.3 is 0 Å². The van der Waals surface area contributed by atoms with Crippen molar-refractivity contribution in [3.8, 4) is 0 Å². The first kappa shape index (κ1) is 16.2. The quantitative estimate of drug-likeness (QED) is 0.883. The van der Waals surface area contributed by atoms with Crippen molar-refractivity contribution in [2.45, 2.75) is 32.1 Å². The van der Waals surface area contributed by atoms with E-state index in [1.165, 1.54) is 30.5 Å². The van der Waals surface area contributed by atoms with Crippen LogP contribution in [0.2, 0.25) is 0 Å². The molecule has 0 saturated heterocycles. The van der Waals surface area contributed by atoms with Crippen LogP contribution in [0.5, 0.6) is 0 Å². The molecule has 126 valence electrons. The topological polar surface area (TPSA) is 71.3 Å². The fourth-order valence-corrected chi connectivity index (χ4v) is 2.90. The smallest absolute Gasteiger partial charge is 0.291 e. The normalized spacial score (nSPS) is 15.0. The lowest BCUT2D eigenvalue weighted by Crippen LogP contribution is -2.25. The number of nitrogens with one attached hydrogen (secondary N) is 2. The third-order valence-corrected chi connectivity index (χ3v) is 4.20. The van der Waals surface area contributed by atoms with E-state index in [4.69, 9.17) is 4.42 Å². The molecule has 1 heterocycles. The Morgan fingerprint density at radius 1 is 1.08 bits per heavy atom. The van der Waals surface area contributed by atoms with Gasteiger partial charge in [0.05, 0.1) is 12.0 Å². The molecule has 1 aliphatic rings. The number of benzene rings is 1. The van der Waals surface area contributed by atoms with Gasteiger partial charge in [-0.05, 0) is 43.2 Å². The minimum absolute atomic E-state index is 0.0699. The zero-order chi connectivity index (χ0) is 16.9. The van der Waals surface area contributed by atoms with E-state index < -0.39 is 11.7 Å². The number of anilines is 2. The van der Waals surface area contributed by atoms with Crippen LogP contribution >= 0.6 is 0 Å². The second-order valence-electron chi connectivity index (χ2n) is 5.95. The van der Waals surface area contributed by atoms with Gasteiger partial charge in [-0.1, -0.05) is 19.3 Å². The van der Waals surface area contributed by atoms with E-state index >= 15 is 0 Å². The zero-order valence-corrected chi connectivity index (χ0v) is 13.2. The highest BCUT2D eigenvalue weighted by Crippen LogP contribution is 2.26. The van der Waals surface area contributed by atoms with Crippen LogP contribution in [0.4, 0.5) is 15.8 Å². The molecule has 3 rings (SSSR count). The van der Waals surface area contributed by atoms with E-state index in [0.29, 0.717) is 5.69 Å². The molecule has 0 aliphatic heterocycles. The third kappa shape index (κ3) is 3.82. The molecule has 1 aromatic carbocycles. The molecule has 1 saturated carbocycles. The van der Waals surface area contributed by atoms with Crippen molar-refractivity contribution in [3.05, 3.63) is 48.2 Å². The molecule has 5 nitrogen and oxygen atoms in total. The molecule has 24 heavy (non-hydrogen) atoms. The molecule has 2 N–H and O–H groups in total. The minimum atomic E-state index is -0.532. The Balaban J connectivity index is 1.69. The molecular weight excluding hydrogens is 311 g/mol. The van der Waals surface area contributed by atoms with Crippen molar-refractivity contribution in [1.82, 2.24) is 0 Å². The number of amides is 2. The van der Waals surface area contributed by atoms with Crippen LogP contribution in [0.1, 0.15) is 42.7 Å². The van der Waals surface area contributed by atoms with Crippen LogP contribution < -0.4 is 10.6 Å². The molecule has 6 heteroatoms. The number of hydrogen-bond acceptors (Lipinski definition) is 3. The van der Waals surface area contributed by atoms with E-state index in [-0.39, 0.29) is 23.3 Å².